The van der Waals surface area contributed by atoms with E-state index in [1.54, 1.807) is 0 Å². The van der Waals surface area contributed by atoms with Crippen LogP contribution >= 0.6 is 0 Å². The van der Waals surface area contributed by atoms with Gasteiger partial charge >= 0.3 is 5.97 Å². The van der Waals surface area contributed by atoms with Crippen LogP contribution in [-0.4, -0.2) is 17.0 Å². The molecule has 19 heavy (non-hydrogen) atoms. The van der Waals surface area contributed by atoms with Gasteiger partial charge in [-0.1, -0.05) is 6.07 Å². The molecule has 1 aromatic rings. The van der Waals surface area contributed by atoms with Crippen molar-refractivity contribution in [2.45, 2.75) is 31.2 Å². The molecule has 6 heteroatoms. The summed E-state index contributed by atoms with van der Waals surface area (Å²) in [6.45, 7) is 0. The molecule has 1 amide bonds. The van der Waals surface area contributed by atoms with Crippen LogP contribution in [-0.2, 0) is 15.1 Å². The number of benzene rings is 1. The van der Waals surface area contributed by atoms with E-state index in [1.807, 2.05) is 0 Å². The summed E-state index contributed by atoms with van der Waals surface area (Å²) in [4.78, 5) is 21.9. The van der Waals surface area contributed by atoms with E-state index in [9.17, 15) is 18.4 Å². The van der Waals surface area contributed by atoms with Crippen LogP contribution in [0.3, 0.4) is 0 Å². The topological polar surface area (TPSA) is 66.4 Å². The summed E-state index contributed by atoms with van der Waals surface area (Å²) in [7, 11) is 0. The van der Waals surface area contributed by atoms with Gasteiger partial charge in [-0.05, 0) is 18.9 Å². The summed E-state index contributed by atoms with van der Waals surface area (Å²) >= 11 is 0. The maximum Gasteiger partial charge on any atom is 0.303 e. The number of carbonyl (C=O) groups excluding carboxylic acids is 1. The zero-order valence-corrected chi connectivity index (χ0v) is 10.1. The molecule has 1 saturated carbocycles. The number of hydrogen-bond donors (Lipinski definition) is 2. The average molecular weight is 269 g/mol. The second kappa shape index (κ2) is 4.95. The summed E-state index contributed by atoms with van der Waals surface area (Å²) in [5, 5.41) is 11.1. The summed E-state index contributed by atoms with van der Waals surface area (Å²) in [5.74, 6) is -2.87. The lowest BCUT2D eigenvalue weighted by atomic mass is 10.0. The average Bonchev–Trinajstić information content (AvgIpc) is 3.07. The number of hydrogen-bond acceptors (Lipinski definition) is 2. The molecule has 0 unspecified atom stereocenters. The fourth-order valence-corrected chi connectivity index (χ4v) is 2.01. The molecule has 0 bridgehead atoms. The standard InChI is InChI=1S/C13H13F2NO3/c14-8-1-2-9(10(15)7-8)13(5-6-13)16-11(17)3-4-12(18)19/h1-2,7H,3-6H2,(H,16,17)(H,18,19). The zero-order valence-electron chi connectivity index (χ0n) is 10.1. The van der Waals surface area contributed by atoms with Crippen LogP contribution in [0.5, 0.6) is 0 Å². The molecule has 0 aromatic heterocycles. The maximum absolute atomic E-state index is 13.7. The first kappa shape index (κ1) is 13.5. The summed E-state index contributed by atoms with van der Waals surface area (Å²) in [6.07, 6.45) is 0.705. The lowest BCUT2D eigenvalue weighted by molar-refractivity contribution is -0.139. The predicted molar refractivity (Wildman–Crippen MR) is 62.3 cm³/mol. The highest BCUT2D eigenvalue weighted by atomic mass is 19.1. The van der Waals surface area contributed by atoms with Crippen LogP contribution in [0.2, 0.25) is 0 Å². The first-order valence-corrected chi connectivity index (χ1v) is 5.91. The Hall–Kier alpha value is -1.98. The Morgan fingerprint density at radius 1 is 1.26 bits per heavy atom. The molecule has 0 atom stereocenters. The van der Waals surface area contributed by atoms with Gasteiger partial charge in [0.15, 0.2) is 0 Å². The second-order valence-corrected chi connectivity index (χ2v) is 4.65. The van der Waals surface area contributed by atoms with E-state index in [1.165, 1.54) is 6.07 Å². The monoisotopic (exact) mass is 269 g/mol. The fourth-order valence-electron chi connectivity index (χ4n) is 2.01. The van der Waals surface area contributed by atoms with Crippen LogP contribution in [0.1, 0.15) is 31.2 Å². The lowest BCUT2D eigenvalue weighted by Gasteiger charge is -2.18. The molecule has 0 radical (unpaired) electrons. The molecule has 1 aliphatic carbocycles. The van der Waals surface area contributed by atoms with E-state index in [2.05, 4.69) is 5.32 Å². The van der Waals surface area contributed by atoms with Gasteiger partial charge in [0, 0.05) is 18.1 Å². The van der Waals surface area contributed by atoms with Crippen LogP contribution in [0, 0.1) is 11.6 Å². The third-order valence-electron chi connectivity index (χ3n) is 3.14. The highest BCUT2D eigenvalue weighted by molar-refractivity contribution is 5.81. The Morgan fingerprint density at radius 2 is 1.95 bits per heavy atom. The molecule has 1 aliphatic rings. The predicted octanol–water partition coefficient (Wildman–Crippen LogP) is 1.93. The van der Waals surface area contributed by atoms with E-state index < -0.39 is 29.0 Å². The first-order valence-electron chi connectivity index (χ1n) is 5.91. The number of nitrogens with one attached hydrogen (secondary N) is 1. The van der Waals surface area contributed by atoms with Gasteiger partial charge in [-0.15, -0.1) is 0 Å². The summed E-state index contributed by atoms with van der Waals surface area (Å²) in [5.41, 5.74) is -0.550. The molecule has 1 fully saturated rings. The normalized spacial score (nSPS) is 15.9. The quantitative estimate of drug-likeness (QED) is 0.858. The third-order valence-corrected chi connectivity index (χ3v) is 3.14. The van der Waals surface area contributed by atoms with Crippen LogP contribution in [0.15, 0.2) is 18.2 Å². The molecule has 1 aromatic carbocycles. The molecule has 2 N–H and O–H groups in total. The van der Waals surface area contributed by atoms with E-state index >= 15 is 0 Å². The van der Waals surface area contributed by atoms with Gasteiger partial charge in [-0.3, -0.25) is 9.59 Å². The molecule has 0 heterocycles. The largest absolute Gasteiger partial charge is 0.481 e. The first-order chi connectivity index (χ1) is 8.93. The Balaban J connectivity index is 2.07. The Labute approximate surface area is 108 Å². The van der Waals surface area contributed by atoms with Gasteiger partial charge in [0.2, 0.25) is 5.91 Å². The van der Waals surface area contributed by atoms with Crippen molar-refractivity contribution in [2.24, 2.45) is 0 Å². The van der Waals surface area contributed by atoms with Crippen molar-refractivity contribution >= 4 is 11.9 Å². The van der Waals surface area contributed by atoms with Gasteiger partial charge in [0.25, 0.3) is 0 Å². The fraction of sp³-hybridized carbons (Fsp3) is 0.385. The molecule has 102 valence electrons. The zero-order chi connectivity index (χ0) is 14.0. The van der Waals surface area contributed by atoms with Crippen molar-refractivity contribution < 1.29 is 23.5 Å². The van der Waals surface area contributed by atoms with Crippen molar-refractivity contribution in [2.75, 3.05) is 0 Å². The molecular weight excluding hydrogens is 256 g/mol. The summed E-state index contributed by atoms with van der Waals surface area (Å²) < 4.78 is 26.5. The molecular formula is C13H13F2NO3. The Bertz CT molecular complexity index is 527. The number of amides is 1. The molecule has 0 spiro atoms. The van der Waals surface area contributed by atoms with Gasteiger partial charge in [0.05, 0.1) is 12.0 Å². The minimum absolute atomic E-state index is 0.153. The molecule has 0 saturated heterocycles. The van der Waals surface area contributed by atoms with E-state index in [-0.39, 0.29) is 18.4 Å². The number of halogens is 2. The van der Waals surface area contributed by atoms with Crippen LogP contribution < -0.4 is 5.32 Å². The molecule has 0 aliphatic heterocycles. The van der Waals surface area contributed by atoms with Gasteiger partial charge in [-0.25, -0.2) is 8.78 Å². The lowest BCUT2D eigenvalue weighted by Crippen LogP contribution is -2.35. The second-order valence-electron chi connectivity index (χ2n) is 4.65. The van der Waals surface area contributed by atoms with Crippen molar-refractivity contribution in [3.05, 3.63) is 35.4 Å². The third kappa shape index (κ3) is 3.07. The van der Waals surface area contributed by atoms with Crippen molar-refractivity contribution in [3.63, 3.8) is 0 Å². The SMILES string of the molecule is O=C(O)CCC(=O)NC1(c2ccc(F)cc2F)CC1. The maximum atomic E-state index is 13.7. The summed E-state index contributed by atoms with van der Waals surface area (Å²) in [6, 6.07) is 3.23. The number of aliphatic carboxylic acids is 1. The molecule has 4 nitrogen and oxygen atoms in total. The molecule has 2 rings (SSSR count). The van der Waals surface area contributed by atoms with E-state index in [4.69, 9.17) is 5.11 Å². The number of carbonyl (C=O) groups is 2. The van der Waals surface area contributed by atoms with Crippen LogP contribution in [0.4, 0.5) is 8.78 Å². The van der Waals surface area contributed by atoms with E-state index in [0.717, 1.165) is 12.1 Å². The number of carboxylic acids is 1. The Kier molecular flexibility index (Phi) is 3.50. The van der Waals surface area contributed by atoms with Crippen molar-refractivity contribution in [1.29, 1.82) is 0 Å². The van der Waals surface area contributed by atoms with Gasteiger partial charge in [-0.2, -0.15) is 0 Å². The van der Waals surface area contributed by atoms with Crippen LogP contribution in [0.25, 0.3) is 0 Å². The minimum Gasteiger partial charge on any atom is -0.481 e. The van der Waals surface area contributed by atoms with Gasteiger partial charge < -0.3 is 10.4 Å². The number of rotatable bonds is 5. The highest BCUT2D eigenvalue weighted by Gasteiger charge is 2.47. The van der Waals surface area contributed by atoms with Crippen molar-refractivity contribution in [3.8, 4) is 0 Å². The number of carboxylic acid groups (broad SMARTS) is 1. The smallest absolute Gasteiger partial charge is 0.303 e. The van der Waals surface area contributed by atoms with E-state index in [0.29, 0.717) is 12.8 Å². The minimum atomic E-state index is -1.06. The Morgan fingerprint density at radius 3 is 2.47 bits per heavy atom. The van der Waals surface area contributed by atoms with Gasteiger partial charge in [0.1, 0.15) is 11.6 Å². The highest BCUT2D eigenvalue weighted by Crippen LogP contribution is 2.46. The van der Waals surface area contributed by atoms with Crippen molar-refractivity contribution in [1.82, 2.24) is 5.32 Å².